The number of nitro groups is 1. The van der Waals surface area contributed by atoms with Crippen molar-refractivity contribution >= 4 is 40.3 Å². The highest BCUT2D eigenvalue weighted by molar-refractivity contribution is 7.80. The van der Waals surface area contributed by atoms with Crippen LogP contribution in [0.2, 0.25) is 0 Å². The van der Waals surface area contributed by atoms with E-state index >= 15 is 0 Å². The van der Waals surface area contributed by atoms with Gasteiger partial charge in [-0.15, -0.1) is 0 Å². The maximum atomic E-state index is 13.3. The molecule has 4 aromatic carbocycles. The predicted octanol–water partition coefficient (Wildman–Crippen LogP) is 6.15. The first-order valence-electron chi connectivity index (χ1n) is 11.8. The van der Waals surface area contributed by atoms with E-state index in [4.69, 9.17) is 17.0 Å². The minimum absolute atomic E-state index is 0.0554. The number of aryl methyl sites for hydroxylation is 1. The number of para-hydroxylation sites is 1. The standard InChI is InChI=1S/C29H26N4O4S/c1-20-10-8-9-15-24(20)30-28(34)27(22-13-6-3-7-14-22)32-29(38)31-25-17-16-23(18-26(25)33(35)36)37-19-21-11-4-2-5-12-21/h2-18,27H,19H2,1H3,(H,30,34)(H2,31,32,38). The van der Waals surface area contributed by atoms with Gasteiger partial charge in [0.1, 0.15) is 24.1 Å². The third-order valence-electron chi connectivity index (χ3n) is 5.74. The van der Waals surface area contributed by atoms with Crippen molar-refractivity contribution in [1.29, 1.82) is 0 Å². The van der Waals surface area contributed by atoms with E-state index in [-0.39, 0.29) is 29.0 Å². The molecule has 38 heavy (non-hydrogen) atoms. The Morgan fingerprint density at radius 2 is 1.55 bits per heavy atom. The second-order valence-corrected chi connectivity index (χ2v) is 8.86. The molecule has 1 unspecified atom stereocenters. The van der Waals surface area contributed by atoms with Crippen LogP contribution in [0.5, 0.6) is 5.75 Å². The molecule has 1 atom stereocenters. The van der Waals surface area contributed by atoms with Gasteiger partial charge < -0.3 is 20.7 Å². The molecule has 4 aromatic rings. The van der Waals surface area contributed by atoms with Gasteiger partial charge in [-0.1, -0.05) is 78.9 Å². The first-order chi connectivity index (χ1) is 18.4. The minimum atomic E-state index is -0.844. The number of nitro benzene ring substituents is 1. The maximum Gasteiger partial charge on any atom is 0.296 e. The van der Waals surface area contributed by atoms with E-state index in [0.29, 0.717) is 17.0 Å². The summed E-state index contributed by atoms with van der Waals surface area (Å²) in [6, 6.07) is 29.7. The molecule has 4 rings (SSSR count). The number of hydrogen-bond acceptors (Lipinski definition) is 5. The van der Waals surface area contributed by atoms with Crippen LogP contribution < -0.4 is 20.7 Å². The molecule has 1 amide bonds. The molecule has 0 radical (unpaired) electrons. The highest BCUT2D eigenvalue weighted by Crippen LogP contribution is 2.30. The van der Waals surface area contributed by atoms with E-state index in [2.05, 4.69) is 16.0 Å². The normalized spacial score (nSPS) is 11.2. The average molecular weight is 527 g/mol. The molecule has 9 heteroatoms. The SMILES string of the molecule is Cc1ccccc1NC(=O)C(NC(=S)Nc1ccc(OCc2ccccc2)cc1[N+](=O)[O-])c1ccccc1. The van der Waals surface area contributed by atoms with E-state index < -0.39 is 11.0 Å². The van der Waals surface area contributed by atoms with Crippen molar-refractivity contribution in [2.75, 3.05) is 10.6 Å². The molecule has 0 aliphatic heterocycles. The number of benzene rings is 4. The van der Waals surface area contributed by atoms with Gasteiger partial charge in [-0.25, -0.2) is 0 Å². The molecule has 3 N–H and O–H groups in total. The lowest BCUT2D eigenvalue weighted by atomic mass is 10.1. The molecular weight excluding hydrogens is 500 g/mol. The predicted molar refractivity (Wildman–Crippen MR) is 152 cm³/mol. The zero-order valence-electron chi connectivity index (χ0n) is 20.6. The topological polar surface area (TPSA) is 106 Å². The summed E-state index contributed by atoms with van der Waals surface area (Å²) in [4.78, 5) is 24.6. The smallest absolute Gasteiger partial charge is 0.296 e. The van der Waals surface area contributed by atoms with Crippen LogP contribution in [0.4, 0.5) is 17.1 Å². The van der Waals surface area contributed by atoms with Crippen molar-refractivity contribution in [3.8, 4) is 5.75 Å². The number of ether oxygens (including phenoxy) is 1. The summed E-state index contributed by atoms with van der Waals surface area (Å²) in [5.74, 6) is 0.0264. The minimum Gasteiger partial charge on any atom is -0.489 e. The number of carbonyl (C=O) groups is 1. The zero-order chi connectivity index (χ0) is 26.9. The Bertz CT molecular complexity index is 1430. The fourth-order valence-corrected chi connectivity index (χ4v) is 3.98. The Morgan fingerprint density at radius 1 is 0.895 bits per heavy atom. The molecule has 0 spiro atoms. The van der Waals surface area contributed by atoms with Gasteiger partial charge >= 0.3 is 0 Å². The maximum absolute atomic E-state index is 13.3. The first-order valence-corrected chi connectivity index (χ1v) is 12.3. The Balaban J connectivity index is 1.49. The van der Waals surface area contributed by atoms with E-state index in [1.54, 1.807) is 18.2 Å². The fraction of sp³-hybridized carbons (Fsp3) is 0.103. The third kappa shape index (κ3) is 6.92. The van der Waals surface area contributed by atoms with Gasteiger partial charge in [0.15, 0.2) is 5.11 Å². The molecule has 0 bridgehead atoms. The van der Waals surface area contributed by atoms with Gasteiger partial charge in [-0.3, -0.25) is 14.9 Å². The molecule has 0 aromatic heterocycles. The molecular formula is C29H26N4O4S. The summed E-state index contributed by atoms with van der Waals surface area (Å²) in [6.07, 6.45) is 0. The molecule has 0 aliphatic rings. The van der Waals surface area contributed by atoms with Crippen LogP contribution in [0.25, 0.3) is 0 Å². The largest absolute Gasteiger partial charge is 0.489 e. The average Bonchev–Trinajstić information content (AvgIpc) is 2.93. The van der Waals surface area contributed by atoms with Crippen LogP contribution in [0, 0.1) is 17.0 Å². The summed E-state index contributed by atoms with van der Waals surface area (Å²) in [5, 5.41) is 20.7. The second kappa shape index (κ2) is 12.5. The molecule has 0 fully saturated rings. The highest BCUT2D eigenvalue weighted by Gasteiger charge is 2.23. The Labute approximate surface area is 225 Å². The van der Waals surface area contributed by atoms with Gasteiger partial charge in [0.2, 0.25) is 0 Å². The van der Waals surface area contributed by atoms with Gasteiger partial charge in [-0.2, -0.15) is 0 Å². The number of rotatable bonds is 9. The highest BCUT2D eigenvalue weighted by atomic mass is 32.1. The van der Waals surface area contributed by atoms with E-state index in [1.165, 1.54) is 12.1 Å². The first kappa shape index (κ1) is 26.3. The summed E-state index contributed by atoms with van der Waals surface area (Å²) >= 11 is 5.46. The quantitative estimate of drug-likeness (QED) is 0.136. The van der Waals surface area contributed by atoms with Crippen LogP contribution >= 0.6 is 12.2 Å². The molecule has 0 heterocycles. The lowest BCUT2D eigenvalue weighted by molar-refractivity contribution is -0.384. The second-order valence-electron chi connectivity index (χ2n) is 8.46. The number of nitrogens with zero attached hydrogens (tertiary/aromatic N) is 1. The van der Waals surface area contributed by atoms with Gasteiger partial charge in [0.05, 0.1) is 11.0 Å². The van der Waals surface area contributed by atoms with Crippen molar-refractivity contribution in [2.45, 2.75) is 19.6 Å². The van der Waals surface area contributed by atoms with Crippen LogP contribution in [0.15, 0.2) is 103 Å². The van der Waals surface area contributed by atoms with E-state index in [9.17, 15) is 14.9 Å². The fourth-order valence-electron chi connectivity index (χ4n) is 3.75. The lowest BCUT2D eigenvalue weighted by Gasteiger charge is -2.21. The van der Waals surface area contributed by atoms with Crippen molar-refractivity contribution in [2.24, 2.45) is 0 Å². The summed E-state index contributed by atoms with van der Waals surface area (Å²) < 4.78 is 5.73. The Kier molecular flexibility index (Phi) is 8.63. The molecule has 192 valence electrons. The van der Waals surface area contributed by atoms with Crippen molar-refractivity contribution in [3.05, 3.63) is 130 Å². The van der Waals surface area contributed by atoms with Crippen LogP contribution in [-0.2, 0) is 11.4 Å². The van der Waals surface area contributed by atoms with Crippen LogP contribution in [-0.4, -0.2) is 15.9 Å². The number of thiocarbonyl (C=S) groups is 1. The van der Waals surface area contributed by atoms with Gasteiger partial charge in [-0.05, 0) is 54.0 Å². The number of anilines is 2. The molecule has 0 saturated heterocycles. The summed E-state index contributed by atoms with van der Waals surface area (Å²) in [5.41, 5.74) is 3.19. The third-order valence-corrected chi connectivity index (χ3v) is 5.96. The Morgan fingerprint density at radius 3 is 2.24 bits per heavy atom. The van der Waals surface area contributed by atoms with Gasteiger partial charge in [0, 0.05) is 5.69 Å². The van der Waals surface area contributed by atoms with E-state index in [1.807, 2.05) is 79.7 Å². The van der Waals surface area contributed by atoms with Crippen molar-refractivity contribution < 1.29 is 14.5 Å². The molecule has 0 saturated carbocycles. The van der Waals surface area contributed by atoms with Crippen molar-refractivity contribution in [1.82, 2.24) is 5.32 Å². The molecule has 0 aliphatic carbocycles. The van der Waals surface area contributed by atoms with Gasteiger partial charge in [0.25, 0.3) is 11.6 Å². The zero-order valence-corrected chi connectivity index (χ0v) is 21.4. The molecule has 8 nitrogen and oxygen atoms in total. The van der Waals surface area contributed by atoms with Crippen LogP contribution in [0.1, 0.15) is 22.7 Å². The van der Waals surface area contributed by atoms with E-state index in [0.717, 1.165) is 11.1 Å². The summed E-state index contributed by atoms with van der Waals surface area (Å²) in [7, 11) is 0. The number of nitrogens with one attached hydrogen (secondary N) is 3. The van der Waals surface area contributed by atoms with Crippen molar-refractivity contribution in [3.63, 3.8) is 0 Å². The number of hydrogen-bond donors (Lipinski definition) is 3. The number of amides is 1. The monoisotopic (exact) mass is 526 g/mol. The summed E-state index contributed by atoms with van der Waals surface area (Å²) in [6.45, 7) is 2.18. The lowest BCUT2D eigenvalue weighted by Crippen LogP contribution is -2.39. The Hall–Kier alpha value is -4.76. The van der Waals surface area contributed by atoms with Crippen LogP contribution in [0.3, 0.4) is 0 Å². The number of carbonyl (C=O) groups excluding carboxylic acids is 1.